The summed E-state index contributed by atoms with van der Waals surface area (Å²) in [5, 5.41) is 4.52. The number of thioether (sulfide) groups is 1. The first-order valence-electron chi connectivity index (χ1n) is 5.86. The zero-order valence-corrected chi connectivity index (χ0v) is 13.1. The van der Waals surface area contributed by atoms with Crippen LogP contribution in [0.3, 0.4) is 0 Å². The normalized spacial score (nSPS) is 14.6. The highest BCUT2D eigenvalue weighted by atomic mass is 35.5. The lowest BCUT2D eigenvalue weighted by molar-refractivity contribution is 0.551. The highest BCUT2D eigenvalue weighted by molar-refractivity contribution is 7.99. The number of nitrogens with one attached hydrogen (secondary N) is 1. The average Bonchev–Trinajstić information content (AvgIpc) is 2.33. The van der Waals surface area contributed by atoms with Crippen LogP contribution in [-0.2, 0) is 0 Å². The maximum Gasteiger partial charge on any atom is 0.142 e. The van der Waals surface area contributed by atoms with Gasteiger partial charge < -0.3 is 5.32 Å². The molecule has 2 unspecified atom stereocenters. The van der Waals surface area contributed by atoms with Crippen LogP contribution < -0.4 is 5.32 Å². The van der Waals surface area contributed by atoms with E-state index in [4.69, 9.17) is 23.2 Å². The van der Waals surface area contributed by atoms with Crippen molar-refractivity contribution in [3.8, 4) is 0 Å². The van der Waals surface area contributed by atoms with E-state index >= 15 is 0 Å². The molecule has 0 aliphatic heterocycles. The first-order chi connectivity index (χ1) is 8.45. The fourth-order valence-electron chi connectivity index (χ4n) is 1.60. The Bertz CT molecular complexity index is 401. The average molecular weight is 310 g/mol. The minimum absolute atomic E-state index is 0.0123. The van der Waals surface area contributed by atoms with Crippen LogP contribution in [0.5, 0.6) is 0 Å². The molecule has 0 aliphatic rings. The molecular formula is C13H18Cl2FNS. The number of rotatable bonds is 6. The summed E-state index contributed by atoms with van der Waals surface area (Å²) in [5.74, 6) is -0.429. The minimum Gasteiger partial charge on any atom is -0.310 e. The lowest BCUT2D eigenvalue weighted by Crippen LogP contribution is -2.22. The largest absolute Gasteiger partial charge is 0.310 e. The fraction of sp³-hybridized carbons (Fsp3) is 0.538. The Kier molecular flexibility index (Phi) is 6.78. The zero-order valence-electron chi connectivity index (χ0n) is 10.8. The molecule has 0 fully saturated rings. The van der Waals surface area contributed by atoms with Crippen molar-refractivity contribution in [2.75, 3.05) is 12.8 Å². The van der Waals surface area contributed by atoms with Crippen LogP contribution in [0.15, 0.2) is 12.1 Å². The molecule has 0 spiro atoms. The standard InChI is InChI=1S/C13H18Cl2FNS/c1-8(18-3)4-5-17-9(2)10-6-13(16)12(15)7-11(10)14/h6-9,17H,4-5H2,1-3H3. The fourth-order valence-corrected chi connectivity index (χ4v) is 2.50. The van der Waals surface area contributed by atoms with Gasteiger partial charge in [-0.2, -0.15) is 11.8 Å². The Morgan fingerprint density at radius 3 is 2.56 bits per heavy atom. The van der Waals surface area contributed by atoms with E-state index in [-0.39, 0.29) is 11.1 Å². The highest BCUT2D eigenvalue weighted by Gasteiger charge is 2.13. The molecule has 2 atom stereocenters. The molecular weight excluding hydrogens is 292 g/mol. The van der Waals surface area contributed by atoms with Gasteiger partial charge in [0.1, 0.15) is 5.82 Å². The number of benzene rings is 1. The van der Waals surface area contributed by atoms with Gasteiger partial charge in [0.05, 0.1) is 5.02 Å². The molecule has 1 aromatic rings. The van der Waals surface area contributed by atoms with Gasteiger partial charge in [0.2, 0.25) is 0 Å². The van der Waals surface area contributed by atoms with Gasteiger partial charge in [-0.1, -0.05) is 30.1 Å². The van der Waals surface area contributed by atoms with E-state index in [0.717, 1.165) is 18.5 Å². The van der Waals surface area contributed by atoms with E-state index in [1.54, 1.807) is 0 Å². The summed E-state index contributed by atoms with van der Waals surface area (Å²) < 4.78 is 13.4. The Labute approximate surface area is 122 Å². The second-order valence-corrected chi connectivity index (χ2v) is 6.39. The molecule has 0 radical (unpaired) electrons. The summed E-state index contributed by atoms with van der Waals surface area (Å²) in [6.07, 6.45) is 3.17. The Morgan fingerprint density at radius 2 is 1.94 bits per heavy atom. The molecule has 0 amide bonds. The summed E-state index contributed by atoms with van der Waals surface area (Å²) in [5.41, 5.74) is 0.746. The molecule has 0 aliphatic carbocycles. The molecule has 1 nitrogen and oxygen atoms in total. The number of hydrogen-bond acceptors (Lipinski definition) is 2. The van der Waals surface area contributed by atoms with Gasteiger partial charge in [0, 0.05) is 16.3 Å². The zero-order chi connectivity index (χ0) is 13.7. The second kappa shape index (κ2) is 7.59. The van der Waals surface area contributed by atoms with Crippen LogP contribution in [0.4, 0.5) is 4.39 Å². The molecule has 5 heteroatoms. The van der Waals surface area contributed by atoms with E-state index in [1.807, 2.05) is 18.7 Å². The van der Waals surface area contributed by atoms with E-state index in [9.17, 15) is 4.39 Å². The van der Waals surface area contributed by atoms with Gasteiger partial charge in [0.15, 0.2) is 0 Å². The Balaban J connectivity index is 2.61. The molecule has 18 heavy (non-hydrogen) atoms. The molecule has 1 aromatic carbocycles. The lowest BCUT2D eigenvalue weighted by Gasteiger charge is -2.17. The molecule has 0 bridgehead atoms. The van der Waals surface area contributed by atoms with Crippen LogP contribution >= 0.6 is 35.0 Å². The van der Waals surface area contributed by atoms with E-state index in [1.165, 1.54) is 12.1 Å². The molecule has 0 saturated carbocycles. The van der Waals surface area contributed by atoms with Gasteiger partial charge in [-0.25, -0.2) is 4.39 Å². The first kappa shape index (κ1) is 16.1. The predicted molar refractivity (Wildman–Crippen MR) is 80.4 cm³/mol. The number of hydrogen-bond donors (Lipinski definition) is 1. The maximum absolute atomic E-state index is 13.4. The van der Waals surface area contributed by atoms with Crippen molar-refractivity contribution in [3.05, 3.63) is 33.6 Å². The summed E-state index contributed by atoms with van der Waals surface area (Å²) in [7, 11) is 0. The Morgan fingerprint density at radius 1 is 1.28 bits per heavy atom. The smallest absolute Gasteiger partial charge is 0.142 e. The van der Waals surface area contributed by atoms with Gasteiger partial charge in [-0.15, -0.1) is 0 Å². The van der Waals surface area contributed by atoms with Crippen molar-refractivity contribution < 1.29 is 4.39 Å². The van der Waals surface area contributed by atoms with Crippen LogP contribution in [0.25, 0.3) is 0 Å². The molecule has 0 saturated heterocycles. The predicted octanol–water partition coefficient (Wildman–Crippen LogP) is 4.92. The maximum atomic E-state index is 13.4. The van der Waals surface area contributed by atoms with Gasteiger partial charge in [0.25, 0.3) is 0 Å². The van der Waals surface area contributed by atoms with Crippen molar-refractivity contribution in [1.82, 2.24) is 5.32 Å². The Hall–Kier alpha value is 0.0400. The first-order valence-corrected chi connectivity index (χ1v) is 7.90. The minimum atomic E-state index is -0.429. The van der Waals surface area contributed by atoms with Crippen LogP contribution in [0.2, 0.25) is 10.0 Å². The summed E-state index contributed by atoms with van der Waals surface area (Å²) in [6, 6.07) is 2.87. The highest BCUT2D eigenvalue weighted by Crippen LogP contribution is 2.28. The van der Waals surface area contributed by atoms with E-state index < -0.39 is 5.82 Å². The van der Waals surface area contributed by atoms with Crippen molar-refractivity contribution in [2.45, 2.75) is 31.6 Å². The van der Waals surface area contributed by atoms with Gasteiger partial charge in [-0.3, -0.25) is 0 Å². The molecule has 102 valence electrons. The van der Waals surface area contributed by atoms with Crippen LogP contribution in [-0.4, -0.2) is 18.1 Å². The summed E-state index contributed by atoms with van der Waals surface area (Å²) >= 11 is 13.6. The van der Waals surface area contributed by atoms with Gasteiger partial charge >= 0.3 is 0 Å². The molecule has 1 N–H and O–H groups in total. The SMILES string of the molecule is CSC(C)CCNC(C)c1cc(F)c(Cl)cc1Cl. The summed E-state index contributed by atoms with van der Waals surface area (Å²) in [4.78, 5) is 0. The van der Waals surface area contributed by atoms with E-state index in [0.29, 0.717) is 10.3 Å². The molecule has 1 rings (SSSR count). The molecule has 0 aromatic heterocycles. The topological polar surface area (TPSA) is 12.0 Å². The van der Waals surface area contributed by atoms with Crippen molar-refractivity contribution in [2.24, 2.45) is 0 Å². The van der Waals surface area contributed by atoms with Crippen molar-refractivity contribution in [1.29, 1.82) is 0 Å². The third-order valence-corrected chi connectivity index (χ3v) is 4.57. The third kappa shape index (κ3) is 4.61. The van der Waals surface area contributed by atoms with E-state index in [2.05, 4.69) is 18.5 Å². The monoisotopic (exact) mass is 309 g/mol. The quantitative estimate of drug-likeness (QED) is 0.748. The van der Waals surface area contributed by atoms with Crippen molar-refractivity contribution in [3.63, 3.8) is 0 Å². The second-order valence-electron chi connectivity index (χ2n) is 4.30. The van der Waals surface area contributed by atoms with Crippen LogP contribution in [0.1, 0.15) is 31.9 Å². The van der Waals surface area contributed by atoms with Gasteiger partial charge in [-0.05, 0) is 43.8 Å². The van der Waals surface area contributed by atoms with Crippen molar-refractivity contribution >= 4 is 35.0 Å². The summed E-state index contributed by atoms with van der Waals surface area (Å²) in [6.45, 7) is 5.04. The lowest BCUT2D eigenvalue weighted by atomic mass is 10.1. The van der Waals surface area contributed by atoms with Crippen LogP contribution in [0, 0.1) is 5.82 Å². The third-order valence-electron chi connectivity index (χ3n) is 2.91. The number of halogens is 3. The molecule has 0 heterocycles.